The van der Waals surface area contributed by atoms with E-state index >= 15 is 0 Å². The number of amides is 1. The van der Waals surface area contributed by atoms with Gasteiger partial charge in [0.1, 0.15) is 0 Å². The zero-order chi connectivity index (χ0) is 18.2. The first-order chi connectivity index (χ1) is 11.7. The molecule has 0 bridgehead atoms. The Morgan fingerprint density at radius 2 is 1.96 bits per heavy atom. The van der Waals surface area contributed by atoms with Gasteiger partial charge in [-0.3, -0.25) is 4.79 Å². The number of halogens is 3. The average molecular weight is 352 g/mol. The molecule has 1 amide bonds. The van der Waals surface area contributed by atoms with Gasteiger partial charge in [0.05, 0.1) is 18.7 Å². The van der Waals surface area contributed by atoms with Gasteiger partial charge in [-0.1, -0.05) is 35.5 Å². The number of carbonyl (C=O) groups excluding carboxylic acids is 1. The van der Waals surface area contributed by atoms with Crippen LogP contribution in [0, 0.1) is 5.92 Å². The topological polar surface area (TPSA) is 51.0 Å². The largest absolute Gasteiger partial charge is 0.394 e. The molecule has 2 heterocycles. The van der Waals surface area contributed by atoms with E-state index in [4.69, 9.17) is 0 Å². The van der Waals surface area contributed by atoms with Gasteiger partial charge in [0, 0.05) is 12.1 Å². The maximum atomic E-state index is 13.2. The van der Waals surface area contributed by atoms with Crippen molar-refractivity contribution in [1.82, 2.24) is 19.9 Å². The molecular formula is C17H19F3N4O. The number of hydrogen-bond donors (Lipinski definition) is 0. The van der Waals surface area contributed by atoms with Crippen LogP contribution in [0.2, 0.25) is 0 Å². The van der Waals surface area contributed by atoms with E-state index in [2.05, 4.69) is 10.3 Å². The number of rotatable bonds is 3. The fourth-order valence-electron chi connectivity index (χ4n) is 3.40. The lowest BCUT2D eigenvalue weighted by molar-refractivity contribution is -0.189. The van der Waals surface area contributed by atoms with Crippen LogP contribution in [0.15, 0.2) is 36.5 Å². The first kappa shape index (κ1) is 17.4. The number of hydrogen-bond acceptors (Lipinski definition) is 3. The van der Waals surface area contributed by atoms with Crippen molar-refractivity contribution in [3.05, 3.63) is 47.8 Å². The molecule has 25 heavy (non-hydrogen) atoms. The third kappa shape index (κ3) is 3.38. The Morgan fingerprint density at radius 1 is 1.28 bits per heavy atom. The maximum Gasteiger partial charge on any atom is 0.394 e. The van der Waals surface area contributed by atoms with Crippen molar-refractivity contribution in [1.29, 1.82) is 0 Å². The molecule has 3 rings (SSSR count). The molecule has 0 N–H and O–H groups in total. The SMILES string of the molecule is CC1(C)C(C(F)(F)F)CCN1C(=O)c1cn(Cc2ccccc2)nn1. The fraction of sp³-hybridized carbons (Fsp3) is 0.471. The van der Waals surface area contributed by atoms with Crippen molar-refractivity contribution in [2.24, 2.45) is 5.92 Å². The second-order valence-corrected chi connectivity index (χ2v) is 6.78. The van der Waals surface area contributed by atoms with E-state index in [1.165, 1.54) is 29.6 Å². The molecule has 1 unspecified atom stereocenters. The first-order valence-corrected chi connectivity index (χ1v) is 8.02. The fourth-order valence-corrected chi connectivity index (χ4v) is 3.40. The maximum absolute atomic E-state index is 13.2. The molecule has 1 saturated heterocycles. The third-order valence-corrected chi connectivity index (χ3v) is 4.78. The average Bonchev–Trinajstić information content (AvgIpc) is 3.11. The first-order valence-electron chi connectivity index (χ1n) is 8.02. The molecule has 8 heteroatoms. The Hall–Kier alpha value is -2.38. The normalized spacial score (nSPS) is 20.0. The predicted molar refractivity (Wildman–Crippen MR) is 84.8 cm³/mol. The number of benzene rings is 1. The number of aromatic nitrogens is 3. The molecule has 2 aromatic rings. The lowest BCUT2D eigenvalue weighted by atomic mass is 9.88. The molecular weight excluding hydrogens is 333 g/mol. The molecule has 0 saturated carbocycles. The number of nitrogens with zero attached hydrogens (tertiary/aromatic N) is 4. The number of alkyl halides is 3. The summed E-state index contributed by atoms with van der Waals surface area (Å²) in [5.74, 6) is -2.06. The summed E-state index contributed by atoms with van der Waals surface area (Å²) in [4.78, 5) is 13.9. The summed E-state index contributed by atoms with van der Waals surface area (Å²) in [7, 11) is 0. The summed E-state index contributed by atoms with van der Waals surface area (Å²) in [5, 5.41) is 7.77. The van der Waals surface area contributed by atoms with Gasteiger partial charge in [-0.05, 0) is 25.8 Å². The Balaban J connectivity index is 1.76. The van der Waals surface area contributed by atoms with Gasteiger partial charge in [-0.15, -0.1) is 5.10 Å². The summed E-state index contributed by atoms with van der Waals surface area (Å²) < 4.78 is 41.0. The molecule has 0 aliphatic carbocycles. The summed E-state index contributed by atoms with van der Waals surface area (Å²) in [6.45, 7) is 3.39. The molecule has 5 nitrogen and oxygen atoms in total. The number of carbonyl (C=O) groups is 1. The highest BCUT2D eigenvalue weighted by Gasteiger charge is 2.56. The van der Waals surface area contributed by atoms with Crippen molar-refractivity contribution in [2.75, 3.05) is 6.54 Å². The Bertz CT molecular complexity index is 755. The Kier molecular flexibility index (Phi) is 4.30. The van der Waals surface area contributed by atoms with Crippen LogP contribution < -0.4 is 0 Å². The van der Waals surface area contributed by atoms with Crippen molar-refractivity contribution < 1.29 is 18.0 Å². The van der Waals surface area contributed by atoms with E-state index in [1.54, 1.807) is 0 Å². The second-order valence-electron chi connectivity index (χ2n) is 6.78. The van der Waals surface area contributed by atoms with Crippen molar-refractivity contribution in [2.45, 2.75) is 38.5 Å². The summed E-state index contributed by atoms with van der Waals surface area (Å²) in [6.07, 6.45) is -2.95. The lowest BCUT2D eigenvalue weighted by Gasteiger charge is -2.36. The minimum Gasteiger partial charge on any atom is -0.331 e. The van der Waals surface area contributed by atoms with Gasteiger partial charge >= 0.3 is 6.18 Å². The molecule has 1 aromatic heterocycles. The smallest absolute Gasteiger partial charge is 0.331 e. The van der Waals surface area contributed by atoms with Crippen LogP contribution in [-0.2, 0) is 6.54 Å². The highest BCUT2D eigenvalue weighted by atomic mass is 19.4. The van der Waals surface area contributed by atoms with E-state index in [0.29, 0.717) is 6.54 Å². The molecule has 1 atom stereocenters. The van der Waals surface area contributed by atoms with Crippen LogP contribution in [0.4, 0.5) is 13.2 Å². The van der Waals surface area contributed by atoms with Gasteiger partial charge in [0.25, 0.3) is 5.91 Å². The molecule has 1 fully saturated rings. The van der Waals surface area contributed by atoms with Crippen molar-refractivity contribution in [3.8, 4) is 0 Å². The van der Waals surface area contributed by atoms with Crippen LogP contribution >= 0.6 is 0 Å². The monoisotopic (exact) mass is 352 g/mol. The van der Waals surface area contributed by atoms with E-state index < -0.39 is 23.5 Å². The summed E-state index contributed by atoms with van der Waals surface area (Å²) in [6, 6.07) is 9.51. The van der Waals surface area contributed by atoms with E-state index in [1.807, 2.05) is 30.3 Å². The van der Waals surface area contributed by atoms with Crippen LogP contribution in [0.25, 0.3) is 0 Å². The zero-order valence-corrected chi connectivity index (χ0v) is 14.0. The van der Waals surface area contributed by atoms with Gasteiger partial charge in [0.2, 0.25) is 0 Å². The minimum atomic E-state index is -4.33. The highest BCUT2D eigenvalue weighted by molar-refractivity contribution is 5.92. The third-order valence-electron chi connectivity index (χ3n) is 4.78. The van der Waals surface area contributed by atoms with E-state index in [-0.39, 0.29) is 18.7 Å². The van der Waals surface area contributed by atoms with E-state index in [0.717, 1.165) is 5.56 Å². The molecule has 1 aliphatic rings. The molecule has 1 aromatic carbocycles. The van der Waals surface area contributed by atoms with Gasteiger partial charge in [-0.2, -0.15) is 13.2 Å². The Morgan fingerprint density at radius 3 is 2.56 bits per heavy atom. The minimum absolute atomic E-state index is 0.0571. The van der Waals surface area contributed by atoms with Crippen LogP contribution in [0.5, 0.6) is 0 Å². The Labute approximate surface area is 143 Å². The van der Waals surface area contributed by atoms with Gasteiger partial charge < -0.3 is 4.90 Å². The standard InChI is InChI=1S/C17H19F3N4O/c1-16(2)14(17(18,19)20)8-9-24(16)15(25)13-11-23(22-21-13)10-12-6-4-3-5-7-12/h3-7,11,14H,8-10H2,1-2H3. The van der Waals surface area contributed by atoms with Crippen molar-refractivity contribution in [3.63, 3.8) is 0 Å². The molecule has 134 valence electrons. The molecule has 0 spiro atoms. The van der Waals surface area contributed by atoms with E-state index in [9.17, 15) is 18.0 Å². The summed E-state index contributed by atoms with van der Waals surface area (Å²) >= 11 is 0. The zero-order valence-electron chi connectivity index (χ0n) is 14.0. The lowest BCUT2D eigenvalue weighted by Crippen LogP contribution is -2.49. The predicted octanol–water partition coefficient (Wildman–Crippen LogP) is 3.13. The second kappa shape index (κ2) is 6.16. The van der Waals surface area contributed by atoms with Crippen LogP contribution in [0.1, 0.15) is 36.3 Å². The summed E-state index contributed by atoms with van der Waals surface area (Å²) in [5.41, 5.74) is -0.254. The quantitative estimate of drug-likeness (QED) is 0.853. The molecule has 1 aliphatic heterocycles. The number of likely N-dealkylation sites (tertiary alicyclic amines) is 1. The van der Waals surface area contributed by atoms with Gasteiger partial charge in [-0.25, -0.2) is 4.68 Å². The van der Waals surface area contributed by atoms with Crippen LogP contribution in [0.3, 0.4) is 0 Å². The molecule has 0 radical (unpaired) electrons. The van der Waals surface area contributed by atoms with Crippen LogP contribution in [-0.4, -0.2) is 44.1 Å². The highest BCUT2D eigenvalue weighted by Crippen LogP contribution is 2.45. The van der Waals surface area contributed by atoms with Gasteiger partial charge in [0.15, 0.2) is 5.69 Å². The van der Waals surface area contributed by atoms with Crippen molar-refractivity contribution >= 4 is 5.91 Å².